The molecule has 4 aromatic heterocycles. The predicted molar refractivity (Wildman–Crippen MR) is 192 cm³/mol. The van der Waals surface area contributed by atoms with Crippen molar-refractivity contribution in [2.45, 2.75) is 0 Å². The monoisotopic (exact) mass is 615 g/mol. The lowest BCUT2D eigenvalue weighted by atomic mass is 9.86. The van der Waals surface area contributed by atoms with E-state index in [1.807, 2.05) is 43.1 Å². The van der Waals surface area contributed by atoms with Crippen LogP contribution >= 0.6 is 0 Å². The van der Waals surface area contributed by atoms with Crippen molar-refractivity contribution < 1.29 is 0 Å². The number of hydrogen-bond donors (Lipinski definition) is 0. The van der Waals surface area contributed by atoms with Crippen LogP contribution < -0.4 is 4.90 Å². The Morgan fingerprint density at radius 2 is 1.21 bits per heavy atom. The van der Waals surface area contributed by atoms with E-state index in [1.54, 1.807) is 12.7 Å². The maximum Gasteiger partial charge on any atom is 0.115 e. The van der Waals surface area contributed by atoms with Crippen LogP contribution in [0.5, 0.6) is 0 Å². The summed E-state index contributed by atoms with van der Waals surface area (Å²) in [6.07, 6.45) is 12.5. The van der Waals surface area contributed by atoms with Gasteiger partial charge in [0, 0.05) is 33.5 Å². The molecule has 224 valence electrons. The van der Waals surface area contributed by atoms with Crippen molar-refractivity contribution in [3.8, 4) is 39.2 Å². The summed E-state index contributed by atoms with van der Waals surface area (Å²) < 4.78 is 2.25. The van der Waals surface area contributed by atoms with Gasteiger partial charge in [-0.15, -0.1) is 0 Å². The maximum atomic E-state index is 4.65. The summed E-state index contributed by atoms with van der Waals surface area (Å²) in [6, 6.07) is 38.9. The Hall–Kier alpha value is -6.73. The smallest absolute Gasteiger partial charge is 0.115 e. The number of nitrogens with zero attached hydrogens (tertiary/aromatic N) is 7. The first-order chi connectivity index (χ1) is 23.8. The average Bonchev–Trinajstić information content (AvgIpc) is 3.48. The summed E-state index contributed by atoms with van der Waals surface area (Å²) in [7, 11) is 0. The van der Waals surface area contributed by atoms with E-state index in [-0.39, 0.29) is 0 Å². The first kappa shape index (κ1) is 26.5. The Morgan fingerprint density at radius 3 is 2.00 bits per heavy atom. The normalized spacial score (nSPS) is 12.1. The number of rotatable bonds is 4. The summed E-state index contributed by atoms with van der Waals surface area (Å²) in [6.45, 7) is 0. The van der Waals surface area contributed by atoms with Gasteiger partial charge in [0.25, 0.3) is 0 Å². The minimum atomic E-state index is 0.892. The Morgan fingerprint density at radius 1 is 0.458 bits per heavy atom. The van der Waals surface area contributed by atoms with Gasteiger partial charge in [-0.05, 0) is 64.5 Å². The largest absolute Gasteiger partial charge is 0.306 e. The van der Waals surface area contributed by atoms with E-state index in [1.165, 1.54) is 27.5 Å². The predicted octanol–water partition coefficient (Wildman–Crippen LogP) is 9.70. The molecular weight excluding hydrogens is 591 g/mol. The van der Waals surface area contributed by atoms with Crippen LogP contribution in [-0.2, 0) is 0 Å². The number of fused-ring (bicyclic) bond motifs is 5. The molecule has 48 heavy (non-hydrogen) atoms. The van der Waals surface area contributed by atoms with Crippen LogP contribution in [0.15, 0.2) is 153 Å². The third kappa shape index (κ3) is 3.91. The average molecular weight is 616 g/mol. The van der Waals surface area contributed by atoms with Gasteiger partial charge in [-0.25, -0.2) is 19.9 Å². The molecule has 0 amide bonds. The topological polar surface area (TPSA) is 72.6 Å². The quantitative estimate of drug-likeness (QED) is 0.196. The minimum absolute atomic E-state index is 0.892. The van der Waals surface area contributed by atoms with Crippen LogP contribution in [0.3, 0.4) is 0 Å². The van der Waals surface area contributed by atoms with Crippen molar-refractivity contribution in [2.24, 2.45) is 0 Å². The Bertz CT molecular complexity index is 2660. The third-order valence-corrected chi connectivity index (χ3v) is 9.33. The van der Waals surface area contributed by atoms with Crippen molar-refractivity contribution in [1.82, 2.24) is 29.5 Å². The lowest BCUT2D eigenvalue weighted by Gasteiger charge is -2.33. The zero-order valence-corrected chi connectivity index (χ0v) is 25.6. The van der Waals surface area contributed by atoms with E-state index >= 15 is 0 Å². The molecule has 0 aliphatic carbocycles. The Balaban J connectivity index is 1.33. The highest BCUT2D eigenvalue weighted by Gasteiger charge is 2.29. The van der Waals surface area contributed by atoms with Gasteiger partial charge < -0.3 is 9.47 Å². The standard InChI is InChI=1S/C41H25N7/c1-2-7-26(8-3-1)30-13-14-32-34-18-35-33-17-27(36-10-4-5-16-46-36)12-15-37(33)47(28-20-42-24-43-21-28)40(35)19-39(34)48(29-22-44-25-45-23-29)38-11-6-9-31(30)41(32)38/h1-25H. The van der Waals surface area contributed by atoms with Gasteiger partial charge >= 0.3 is 0 Å². The summed E-state index contributed by atoms with van der Waals surface area (Å²) in [5, 5.41) is 4.66. The molecule has 0 saturated heterocycles. The number of pyridine rings is 1. The van der Waals surface area contributed by atoms with E-state index in [4.69, 9.17) is 0 Å². The van der Waals surface area contributed by atoms with Gasteiger partial charge in [0.1, 0.15) is 12.7 Å². The molecule has 0 unspecified atom stereocenters. The SMILES string of the molecule is c1ccc(-c2ccc3c4c(cccc24)N(c2cncnc2)c2cc4c(cc2-3)c2cc(-c3ccccn3)ccc2n4-c2cncnc2)cc1. The number of hydrogen-bond acceptors (Lipinski definition) is 6. The third-order valence-electron chi connectivity index (χ3n) is 9.33. The van der Waals surface area contributed by atoms with Crippen LogP contribution in [0.2, 0.25) is 0 Å². The summed E-state index contributed by atoms with van der Waals surface area (Å²) in [5.41, 5.74) is 12.8. The molecule has 1 aliphatic heterocycles. The maximum absolute atomic E-state index is 4.65. The van der Waals surface area contributed by atoms with Crippen LogP contribution in [0, 0.1) is 0 Å². The van der Waals surface area contributed by atoms with E-state index in [0.29, 0.717) is 0 Å². The highest BCUT2D eigenvalue weighted by molar-refractivity contribution is 6.21. The molecule has 0 radical (unpaired) electrons. The fourth-order valence-corrected chi connectivity index (χ4v) is 7.32. The molecule has 5 heterocycles. The van der Waals surface area contributed by atoms with Crippen molar-refractivity contribution in [2.75, 3.05) is 4.90 Å². The highest BCUT2D eigenvalue weighted by Crippen LogP contribution is 2.54. The summed E-state index contributed by atoms with van der Waals surface area (Å²) in [5.74, 6) is 0. The summed E-state index contributed by atoms with van der Waals surface area (Å²) in [4.78, 5) is 24.6. The van der Waals surface area contributed by atoms with Crippen molar-refractivity contribution in [1.29, 1.82) is 0 Å². The van der Waals surface area contributed by atoms with Gasteiger partial charge in [-0.2, -0.15) is 0 Å². The second-order valence-corrected chi connectivity index (χ2v) is 11.9. The first-order valence-electron chi connectivity index (χ1n) is 15.8. The van der Waals surface area contributed by atoms with Crippen molar-refractivity contribution in [3.63, 3.8) is 0 Å². The molecule has 7 nitrogen and oxygen atoms in total. The van der Waals surface area contributed by atoms with Crippen LogP contribution in [0.1, 0.15) is 0 Å². The van der Waals surface area contributed by atoms with E-state index in [0.717, 1.165) is 61.4 Å². The molecule has 5 aromatic carbocycles. The van der Waals surface area contributed by atoms with Gasteiger partial charge in [-0.1, -0.05) is 66.7 Å². The van der Waals surface area contributed by atoms with Gasteiger partial charge in [-0.3, -0.25) is 4.98 Å². The second kappa shape index (κ2) is 10.4. The molecule has 0 fully saturated rings. The molecule has 0 atom stereocenters. The fraction of sp³-hybridized carbons (Fsp3) is 0. The fourth-order valence-electron chi connectivity index (χ4n) is 7.32. The van der Waals surface area contributed by atoms with E-state index in [9.17, 15) is 0 Å². The molecule has 0 bridgehead atoms. The van der Waals surface area contributed by atoms with Crippen LogP contribution in [0.4, 0.5) is 17.1 Å². The Kier molecular flexibility index (Phi) is 5.74. The van der Waals surface area contributed by atoms with Gasteiger partial charge in [0.15, 0.2) is 0 Å². The van der Waals surface area contributed by atoms with Crippen molar-refractivity contribution >= 4 is 49.6 Å². The molecule has 10 rings (SSSR count). The second-order valence-electron chi connectivity index (χ2n) is 11.9. The lowest BCUT2D eigenvalue weighted by molar-refractivity contribution is 1.07. The minimum Gasteiger partial charge on any atom is -0.306 e. The molecule has 9 aromatic rings. The zero-order valence-electron chi connectivity index (χ0n) is 25.6. The number of aromatic nitrogens is 6. The molecular formula is C41H25N7. The molecule has 1 aliphatic rings. The van der Waals surface area contributed by atoms with E-state index in [2.05, 4.69) is 131 Å². The highest BCUT2D eigenvalue weighted by atomic mass is 15.2. The molecule has 0 N–H and O–H groups in total. The van der Waals surface area contributed by atoms with Crippen LogP contribution in [0.25, 0.3) is 71.8 Å². The first-order valence-corrected chi connectivity index (χ1v) is 15.8. The number of anilines is 3. The molecule has 0 spiro atoms. The van der Waals surface area contributed by atoms with Crippen LogP contribution in [-0.4, -0.2) is 29.5 Å². The van der Waals surface area contributed by atoms with Gasteiger partial charge in [0.05, 0.1) is 64.3 Å². The molecule has 0 saturated carbocycles. The number of benzene rings is 5. The lowest BCUT2D eigenvalue weighted by Crippen LogP contribution is -2.16. The molecule has 7 heteroatoms. The van der Waals surface area contributed by atoms with E-state index < -0.39 is 0 Å². The summed E-state index contributed by atoms with van der Waals surface area (Å²) >= 11 is 0. The zero-order chi connectivity index (χ0) is 31.6. The Labute approximate surface area is 275 Å². The van der Waals surface area contributed by atoms with Gasteiger partial charge in [0.2, 0.25) is 0 Å². The van der Waals surface area contributed by atoms with Crippen molar-refractivity contribution in [3.05, 3.63) is 153 Å².